The number of nitrogens with two attached hydrogens (primary N) is 1. The van der Waals surface area contributed by atoms with Crippen molar-refractivity contribution in [3.63, 3.8) is 0 Å². The normalized spacial score (nSPS) is 12.6. The molecule has 174 valence electrons. The number of amides is 2. The van der Waals surface area contributed by atoms with E-state index in [9.17, 15) is 9.59 Å². The Morgan fingerprint density at radius 2 is 1.67 bits per heavy atom. The predicted molar refractivity (Wildman–Crippen MR) is 130 cm³/mol. The van der Waals surface area contributed by atoms with Crippen LogP contribution in [0, 0.1) is 0 Å². The van der Waals surface area contributed by atoms with E-state index in [2.05, 4.69) is 20.6 Å². The molecular formula is C22H24Cl2N6O3. The molecule has 33 heavy (non-hydrogen) atoms. The van der Waals surface area contributed by atoms with E-state index in [4.69, 9.17) is 22.4 Å². The average Bonchev–Trinajstić information content (AvgIpc) is 2.81. The largest absolute Gasteiger partial charge is 0.478 e. The number of carboxylic acid groups (broad SMARTS) is 1. The molecule has 11 heteroatoms. The van der Waals surface area contributed by atoms with Gasteiger partial charge in [0.2, 0.25) is 5.95 Å². The van der Waals surface area contributed by atoms with Gasteiger partial charge in [0.05, 0.1) is 11.3 Å². The van der Waals surface area contributed by atoms with Crippen LogP contribution in [0.2, 0.25) is 5.02 Å². The summed E-state index contributed by atoms with van der Waals surface area (Å²) in [6, 6.07) is 15.3. The maximum Gasteiger partial charge on any atom is 0.335 e. The third-order valence-electron chi connectivity index (χ3n) is 4.61. The highest BCUT2D eigenvalue weighted by molar-refractivity contribution is 6.30. The third-order valence-corrected chi connectivity index (χ3v) is 4.86. The van der Waals surface area contributed by atoms with E-state index >= 15 is 0 Å². The number of primary amides is 1. The number of carbonyl (C=O) groups excluding carboxylic acids is 1. The molecule has 1 aliphatic heterocycles. The van der Waals surface area contributed by atoms with Gasteiger partial charge in [-0.2, -0.15) is 0 Å². The van der Waals surface area contributed by atoms with Gasteiger partial charge in [0, 0.05) is 48.6 Å². The lowest BCUT2D eigenvalue weighted by molar-refractivity contribution is 0.0697. The van der Waals surface area contributed by atoms with Crippen LogP contribution in [0.25, 0.3) is 11.3 Å². The van der Waals surface area contributed by atoms with Crippen molar-refractivity contribution in [1.82, 2.24) is 20.2 Å². The van der Waals surface area contributed by atoms with E-state index in [1.807, 2.05) is 18.2 Å². The maximum absolute atomic E-state index is 10.8. The first kappa shape index (κ1) is 25.9. The third kappa shape index (κ3) is 7.90. The predicted octanol–water partition coefficient (Wildman–Crippen LogP) is 3.63. The van der Waals surface area contributed by atoms with E-state index in [0.29, 0.717) is 16.7 Å². The smallest absolute Gasteiger partial charge is 0.335 e. The van der Waals surface area contributed by atoms with Crippen LogP contribution in [0.4, 0.5) is 16.4 Å². The molecule has 0 saturated carbocycles. The number of aromatic nitrogens is 2. The fourth-order valence-corrected chi connectivity index (χ4v) is 3.04. The van der Waals surface area contributed by atoms with Crippen molar-refractivity contribution in [1.29, 1.82) is 0 Å². The van der Waals surface area contributed by atoms with Gasteiger partial charge in [-0.3, -0.25) is 0 Å². The topological polar surface area (TPSA) is 133 Å². The number of nitrogens with one attached hydrogen (secondary N) is 2. The van der Waals surface area contributed by atoms with Gasteiger partial charge in [-0.25, -0.2) is 19.6 Å². The first-order valence-electron chi connectivity index (χ1n) is 9.87. The van der Waals surface area contributed by atoms with Crippen molar-refractivity contribution in [2.75, 3.05) is 31.5 Å². The molecule has 0 bridgehead atoms. The Morgan fingerprint density at radius 3 is 2.21 bits per heavy atom. The van der Waals surface area contributed by atoms with Crippen molar-refractivity contribution in [3.8, 4) is 11.3 Å². The minimum Gasteiger partial charge on any atom is -0.478 e. The lowest BCUT2D eigenvalue weighted by atomic mass is 10.1. The fraction of sp³-hybridized carbons (Fsp3) is 0.182. The number of nitrogens with zero attached hydrogens (tertiary/aromatic N) is 3. The highest BCUT2D eigenvalue weighted by atomic mass is 35.5. The summed E-state index contributed by atoms with van der Waals surface area (Å²) in [6.45, 7) is 3.22. The monoisotopic (exact) mass is 490 g/mol. The van der Waals surface area contributed by atoms with Crippen LogP contribution in [-0.4, -0.2) is 58.2 Å². The molecule has 2 heterocycles. The van der Waals surface area contributed by atoms with Crippen molar-refractivity contribution in [2.24, 2.45) is 5.73 Å². The van der Waals surface area contributed by atoms with Crippen LogP contribution < -0.4 is 16.4 Å². The first-order chi connectivity index (χ1) is 15.4. The van der Waals surface area contributed by atoms with E-state index in [1.54, 1.807) is 35.4 Å². The van der Waals surface area contributed by atoms with Gasteiger partial charge in [-0.15, -0.1) is 12.4 Å². The molecule has 0 aliphatic carbocycles. The van der Waals surface area contributed by atoms with E-state index in [0.717, 1.165) is 37.4 Å². The van der Waals surface area contributed by atoms with Crippen LogP contribution in [0.3, 0.4) is 0 Å². The number of anilines is 2. The second-order valence-corrected chi connectivity index (χ2v) is 7.29. The quantitative estimate of drug-likeness (QED) is 0.438. The molecular weight excluding hydrogens is 467 g/mol. The summed E-state index contributed by atoms with van der Waals surface area (Å²) in [6.07, 6.45) is 1.66. The van der Waals surface area contributed by atoms with Crippen molar-refractivity contribution >= 4 is 47.6 Å². The molecule has 0 radical (unpaired) electrons. The minimum atomic E-state index is -0.961. The summed E-state index contributed by atoms with van der Waals surface area (Å²) < 4.78 is 0. The van der Waals surface area contributed by atoms with Crippen LogP contribution >= 0.6 is 24.0 Å². The number of piperazine rings is 1. The fourth-order valence-electron chi connectivity index (χ4n) is 2.91. The molecule has 1 fully saturated rings. The Labute approximate surface area is 202 Å². The van der Waals surface area contributed by atoms with Gasteiger partial charge in [0.25, 0.3) is 0 Å². The summed E-state index contributed by atoms with van der Waals surface area (Å²) in [7, 11) is 0. The molecule has 9 nitrogen and oxygen atoms in total. The summed E-state index contributed by atoms with van der Waals surface area (Å²) in [4.78, 5) is 31.6. The molecule has 2 aromatic carbocycles. The molecule has 1 aromatic heterocycles. The average molecular weight is 491 g/mol. The van der Waals surface area contributed by atoms with Crippen molar-refractivity contribution in [2.45, 2.75) is 0 Å². The zero-order valence-corrected chi connectivity index (χ0v) is 19.1. The number of benzene rings is 2. The number of hydrogen-bond donors (Lipinski definition) is 4. The number of carbonyl (C=O) groups is 2. The molecule has 2 amide bonds. The van der Waals surface area contributed by atoms with Crippen LogP contribution in [0.15, 0.2) is 60.8 Å². The lowest BCUT2D eigenvalue weighted by Gasteiger charge is -2.25. The molecule has 0 unspecified atom stereocenters. The van der Waals surface area contributed by atoms with Gasteiger partial charge < -0.3 is 26.4 Å². The first-order valence-corrected chi connectivity index (χ1v) is 10.2. The van der Waals surface area contributed by atoms with Gasteiger partial charge in [-0.1, -0.05) is 23.7 Å². The zero-order valence-electron chi connectivity index (χ0n) is 17.6. The Morgan fingerprint density at radius 1 is 1.03 bits per heavy atom. The Hall–Kier alpha value is -3.40. The number of hydrogen-bond acceptors (Lipinski definition) is 6. The Kier molecular flexibility index (Phi) is 9.86. The molecule has 0 atom stereocenters. The van der Waals surface area contributed by atoms with E-state index < -0.39 is 5.97 Å². The second-order valence-electron chi connectivity index (χ2n) is 6.86. The Balaban J connectivity index is 0.000000326. The summed E-state index contributed by atoms with van der Waals surface area (Å²) in [5.41, 5.74) is 7.66. The minimum absolute atomic E-state index is 0. The lowest BCUT2D eigenvalue weighted by Crippen LogP contribution is -2.48. The van der Waals surface area contributed by atoms with Gasteiger partial charge in [0.15, 0.2) is 0 Å². The molecule has 1 aliphatic rings. The standard InChI is InChI=1S/C17H12ClN3O2.C5H11N3O.ClH/c18-13-5-1-11(2-6-13)15-9-10-19-17(21-15)20-14-7-3-12(4-8-14)16(22)23;6-5(9)8-3-1-7-2-4-8;/h1-10H,(H,22,23)(H,19,20,21);7H,1-4H2,(H2,6,9);1H. The maximum atomic E-state index is 10.8. The summed E-state index contributed by atoms with van der Waals surface area (Å²) in [5, 5.41) is 15.7. The Bertz CT molecular complexity index is 1060. The number of halogens is 2. The molecule has 1 saturated heterocycles. The van der Waals surface area contributed by atoms with E-state index in [1.165, 1.54) is 12.1 Å². The molecule has 0 spiro atoms. The molecule has 5 N–H and O–H groups in total. The molecule has 4 rings (SSSR count). The number of aromatic carboxylic acids is 1. The van der Waals surface area contributed by atoms with Crippen LogP contribution in [0.5, 0.6) is 0 Å². The summed E-state index contributed by atoms with van der Waals surface area (Å²) >= 11 is 5.89. The molecule has 3 aromatic rings. The SMILES string of the molecule is Cl.NC(=O)N1CCNCC1.O=C(O)c1ccc(Nc2nccc(-c3ccc(Cl)cc3)n2)cc1. The number of carboxylic acids is 1. The van der Waals surface area contributed by atoms with Gasteiger partial charge >= 0.3 is 12.0 Å². The van der Waals surface area contributed by atoms with Gasteiger partial charge in [-0.05, 0) is 42.5 Å². The van der Waals surface area contributed by atoms with Crippen LogP contribution in [0.1, 0.15) is 10.4 Å². The highest BCUT2D eigenvalue weighted by Crippen LogP contribution is 2.21. The second kappa shape index (κ2) is 12.6. The number of rotatable bonds is 4. The van der Waals surface area contributed by atoms with Crippen LogP contribution in [-0.2, 0) is 0 Å². The van der Waals surface area contributed by atoms with Crippen molar-refractivity contribution in [3.05, 3.63) is 71.4 Å². The number of urea groups is 1. The van der Waals surface area contributed by atoms with E-state index in [-0.39, 0.29) is 24.0 Å². The zero-order chi connectivity index (χ0) is 22.9. The summed E-state index contributed by atoms with van der Waals surface area (Å²) in [5.74, 6) is -0.530. The van der Waals surface area contributed by atoms with Crippen molar-refractivity contribution < 1.29 is 14.7 Å². The highest BCUT2D eigenvalue weighted by Gasteiger charge is 2.11. The van der Waals surface area contributed by atoms with Gasteiger partial charge in [0.1, 0.15) is 0 Å².